The van der Waals surface area contributed by atoms with E-state index in [0.717, 1.165) is 109 Å². The lowest BCUT2D eigenvalue weighted by atomic mass is 9.99. The summed E-state index contributed by atoms with van der Waals surface area (Å²) in [4.78, 5) is 72.2. The van der Waals surface area contributed by atoms with Gasteiger partial charge in [-0.15, -0.1) is 0 Å². The van der Waals surface area contributed by atoms with Gasteiger partial charge in [-0.3, -0.25) is 37.3 Å². The number of esters is 4. The highest BCUT2D eigenvalue weighted by atomic mass is 31.2. The van der Waals surface area contributed by atoms with Crippen LogP contribution in [0.4, 0.5) is 0 Å². The van der Waals surface area contributed by atoms with Crippen LogP contribution in [0.3, 0.4) is 0 Å². The van der Waals surface area contributed by atoms with Crippen molar-refractivity contribution in [2.75, 3.05) is 39.6 Å². The predicted molar refractivity (Wildman–Crippen MR) is 344 cm³/mol. The van der Waals surface area contributed by atoms with Crippen LogP contribution in [-0.4, -0.2) is 96.7 Å². The van der Waals surface area contributed by atoms with Crippen LogP contribution in [0.5, 0.6) is 0 Å². The monoisotopic (exact) mass is 1270 g/mol. The molecule has 17 nitrogen and oxygen atoms in total. The zero-order valence-corrected chi connectivity index (χ0v) is 57.6. The molecule has 510 valence electrons. The van der Waals surface area contributed by atoms with Gasteiger partial charge in [0.25, 0.3) is 0 Å². The van der Waals surface area contributed by atoms with Gasteiger partial charge < -0.3 is 33.8 Å². The molecule has 0 amide bonds. The number of phosphoric acid groups is 2. The summed E-state index contributed by atoms with van der Waals surface area (Å²) >= 11 is 0. The lowest BCUT2D eigenvalue weighted by Gasteiger charge is -2.21. The second-order valence-electron chi connectivity index (χ2n) is 25.4. The molecule has 0 aliphatic rings. The molecular weight excluding hydrogens is 1140 g/mol. The van der Waals surface area contributed by atoms with Crippen LogP contribution >= 0.6 is 15.6 Å². The third-order valence-electron chi connectivity index (χ3n) is 15.7. The maximum atomic E-state index is 13.0. The molecule has 0 aromatic carbocycles. The highest BCUT2D eigenvalue weighted by Crippen LogP contribution is 2.45. The molecule has 0 bridgehead atoms. The number of ether oxygens (including phenoxy) is 4. The van der Waals surface area contributed by atoms with Gasteiger partial charge >= 0.3 is 39.5 Å². The lowest BCUT2D eigenvalue weighted by Crippen LogP contribution is -2.30. The second kappa shape index (κ2) is 58.2. The van der Waals surface area contributed by atoms with E-state index in [9.17, 15) is 43.2 Å². The van der Waals surface area contributed by atoms with Crippen LogP contribution in [-0.2, 0) is 65.4 Å². The second-order valence-corrected chi connectivity index (χ2v) is 28.3. The molecule has 0 saturated carbocycles. The van der Waals surface area contributed by atoms with Crippen LogP contribution in [0, 0.1) is 17.8 Å². The lowest BCUT2D eigenvalue weighted by molar-refractivity contribution is -0.161. The standard InChI is InChI=1S/C67H130O17P2/c1-8-10-11-12-13-27-34-41-48-64(69)77-54-63(84-67(72)51-44-37-30-23-25-32-39-46-59(5)6)57-82-86(75,76)80-53-61(68)52-79-85(73,74)81-56-62(55-78-65(70)49-42-35-29-22-24-31-38-45-58(3)4)83-66(71)50-43-36-28-21-19-17-15-14-16-18-20-26-33-40-47-60(7)9-2/h58-63,68H,8-57H2,1-7H3,(H,73,74)(H,75,76)/t60?,61-,62-,63-/m1/s1. The van der Waals surface area contributed by atoms with Crippen molar-refractivity contribution in [3.8, 4) is 0 Å². The molecule has 0 heterocycles. The minimum atomic E-state index is -4.95. The van der Waals surface area contributed by atoms with E-state index in [1.807, 2.05) is 0 Å². The van der Waals surface area contributed by atoms with Crippen LogP contribution < -0.4 is 0 Å². The molecule has 0 radical (unpaired) electrons. The molecule has 0 aliphatic heterocycles. The molecule has 0 aromatic rings. The van der Waals surface area contributed by atoms with Gasteiger partial charge in [0.1, 0.15) is 19.3 Å². The van der Waals surface area contributed by atoms with Crippen LogP contribution in [0.2, 0.25) is 0 Å². The number of aliphatic hydroxyl groups is 1. The Morgan fingerprint density at radius 1 is 0.337 bits per heavy atom. The summed E-state index contributed by atoms with van der Waals surface area (Å²) in [6, 6.07) is 0. The average molecular weight is 1270 g/mol. The molecule has 6 atom stereocenters. The van der Waals surface area contributed by atoms with Gasteiger partial charge in [-0.2, -0.15) is 0 Å². The number of hydrogen-bond donors (Lipinski definition) is 3. The summed E-state index contributed by atoms with van der Waals surface area (Å²) in [5.74, 6) is 0.110. The van der Waals surface area contributed by atoms with E-state index in [0.29, 0.717) is 37.5 Å². The number of unbranched alkanes of at least 4 members (excludes halogenated alkanes) is 32. The van der Waals surface area contributed by atoms with Crippen LogP contribution in [0.15, 0.2) is 0 Å². The molecule has 3 unspecified atom stereocenters. The number of phosphoric ester groups is 2. The third kappa shape index (κ3) is 59.7. The Hall–Kier alpha value is -1.94. The number of aliphatic hydroxyl groups excluding tert-OH is 1. The van der Waals surface area contributed by atoms with E-state index in [1.54, 1.807) is 0 Å². The zero-order chi connectivity index (χ0) is 63.8. The maximum Gasteiger partial charge on any atom is 0.472 e. The SMILES string of the molecule is CCCCCCCCCCC(=O)OC[C@H](COP(=O)(O)OC[C@H](O)COP(=O)(O)OC[C@@H](COC(=O)CCCCCCCCCC(C)C)OC(=O)CCCCCCCCCCCCCCCCC(C)CC)OC(=O)CCCCCCCCCC(C)C. The van der Waals surface area contributed by atoms with Crippen molar-refractivity contribution in [1.29, 1.82) is 0 Å². The third-order valence-corrected chi connectivity index (χ3v) is 17.6. The maximum absolute atomic E-state index is 13.0. The molecule has 0 aliphatic carbocycles. The normalized spacial score (nSPS) is 14.6. The van der Waals surface area contributed by atoms with Gasteiger partial charge in [-0.1, -0.05) is 280 Å². The Balaban J connectivity index is 5.19. The van der Waals surface area contributed by atoms with Crippen LogP contribution in [0.1, 0.15) is 331 Å². The molecule has 3 N–H and O–H groups in total. The summed E-state index contributed by atoms with van der Waals surface area (Å²) < 4.78 is 68.0. The van der Waals surface area contributed by atoms with E-state index in [1.165, 1.54) is 128 Å². The van der Waals surface area contributed by atoms with Crippen molar-refractivity contribution in [1.82, 2.24) is 0 Å². The average Bonchev–Trinajstić information content (AvgIpc) is 3.65. The van der Waals surface area contributed by atoms with Crippen molar-refractivity contribution in [2.24, 2.45) is 17.8 Å². The highest BCUT2D eigenvalue weighted by molar-refractivity contribution is 7.47. The fourth-order valence-electron chi connectivity index (χ4n) is 9.98. The Morgan fingerprint density at radius 3 is 0.884 bits per heavy atom. The quantitative estimate of drug-likeness (QED) is 0.0222. The molecule has 19 heteroatoms. The molecule has 0 rings (SSSR count). The highest BCUT2D eigenvalue weighted by Gasteiger charge is 2.30. The van der Waals surface area contributed by atoms with Crippen molar-refractivity contribution >= 4 is 39.5 Å². The Kier molecular flexibility index (Phi) is 56.9. The van der Waals surface area contributed by atoms with Gasteiger partial charge in [0.2, 0.25) is 0 Å². The topological polar surface area (TPSA) is 237 Å². The largest absolute Gasteiger partial charge is 0.472 e. The van der Waals surface area contributed by atoms with E-state index in [-0.39, 0.29) is 25.7 Å². The number of hydrogen-bond acceptors (Lipinski definition) is 15. The van der Waals surface area contributed by atoms with Gasteiger partial charge in [0.15, 0.2) is 12.2 Å². The molecular formula is C67H130O17P2. The van der Waals surface area contributed by atoms with E-state index < -0.39 is 97.5 Å². The summed E-state index contributed by atoms with van der Waals surface area (Å²) in [5, 5.41) is 10.5. The molecule has 0 saturated heterocycles. The first-order valence-corrected chi connectivity index (χ1v) is 37.9. The number of carbonyl (C=O) groups excluding carboxylic acids is 4. The summed E-state index contributed by atoms with van der Waals surface area (Å²) in [5.41, 5.74) is 0. The Labute approximate surface area is 524 Å². The molecule has 0 spiro atoms. The van der Waals surface area contributed by atoms with Crippen LogP contribution in [0.25, 0.3) is 0 Å². The Morgan fingerprint density at radius 2 is 0.593 bits per heavy atom. The fourth-order valence-corrected chi connectivity index (χ4v) is 11.6. The van der Waals surface area contributed by atoms with Crippen molar-refractivity contribution < 1.29 is 80.2 Å². The van der Waals surface area contributed by atoms with Gasteiger partial charge in [-0.25, -0.2) is 9.13 Å². The minimum Gasteiger partial charge on any atom is -0.462 e. The smallest absolute Gasteiger partial charge is 0.462 e. The van der Waals surface area contributed by atoms with Gasteiger partial charge in [-0.05, 0) is 43.4 Å². The predicted octanol–water partition coefficient (Wildman–Crippen LogP) is 18.7. The summed E-state index contributed by atoms with van der Waals surface area (Å²) in [6.07, 6.45) is 40.5. The minimum absolute atomic E-state index is 0.103. The van der Waals surface area contributed by atoms with E-state index >= 15 is 0 Å². The van der Waals surface area contributed by atoms with Gasteiger partial charge in [0.05, 0.1) is 26.4 Å². The first-order chi connectivity index (χ1) is 41.3. The first kappa shape index (κ1) is 84.1. The Bertz CT molecular complexity index is 1700. The molecule has 0 fully saturated rings. The number of rotatable bonds is 65. The van der Waals surface area contributed by atoms with E-state index in [4.69, 9.17) is 37.0 Å². The van der Waals surface area contributed by atoms with Crippen molar-refractivity contribution in [3.05, 3.63) is 0 Å². The zero-order valence-electron chi connectivity index (χ0n) is 55.8. The first-order valence-electron chi connectivity index (χ1n) is 34.9. The van der Waals surface area contributed by atoms with Gasteiger partial charge in [0, 0.05) is 25.7 Å². The van der Waals surface area contributed by atoms with Crippen molar-refractivity contribution in [3.63, 3.8) is 0 Å². The summed E-state index contributed by atoms with van der Waals surface area (Å²) in [7, 11) is -9.89. The summed E-state index contributed by atoms with van der Waals surface area (Å²) in [6.45, 7) is 11.7. The van der Waals surface area contributed by atoms with Crippen molar-refractivity contribution in [2.45, 2.75) is 349 Å². The number of carbonyl (C=O) groups is 4. The molecule has 86 heavy (non-hydrogen) atoms. The fraction of sp³-hybridized carbons (Fsp3) is 0.940. The van der Waals surface area contributed by atoms with E-state index in [2.05, 4.69) is 48.5 Å². The molecule has 0 aromatic heterocycles.